The molecule has 0 saturated heterocycles. The summed E-state index contributed by atoms with van der Waals surface area (Å²) in [7, 11) is 1.83. The number of halogens is 1. The van der Waals surface area contributed by atoms with Gasteiger partial charge in [-0.2, -0.15) is 5.10 Å². The molecule has 4 N–H and O–H groups in total. The molecule has 0 aliphatic rings. The number of anilines is 3. The first-order chi connectivity index (χ1) is 8.88. The molecule has 0 atom stereocenters. The van der Waals surface area contributed by atoms with E-state index in [2.05, 4.69) is 26.3 Å². The molecule has 0 saturated carbocycles. The number of rotatable bonds is 3. The van der Waals surface area contributed by atoms with Crippen molar-refractivity contribution in [1.29, 1.82) is 0 Å². The Morgan fingerprint density at radius 2 is 2.16 bits per heavy atom. The molecule has 0 bridgehead atoms. The van der Waals surface area contributed by atoms with Gasteiger partial charge in [0.1, 0.15) is 0 Å². The van der Waals surface area contributed by atoms with Gasteiger partial charge in [0.05, 0.1) is 11.3 Å². The highest BCUT2D eigenvalue weighted by molar-refractivity contribution is 9.10. The second kappa shape index (κ2) is 4.93. The van der Waals surface area contributed by atoms with E-state index in [1.807, 2.05) is 20.0 Å². The van der Waals surface area contributed by atoms with Crippen LogP contribution < -0.4 is 11.1 Å². The third kappa shape index (κ3) is 2.70. The molecule has 0 fully saturated rings. The predicted molar refractivity (Wildman–Crippen MR) is 76.7 cm³/mol. The lowest BCUT2D eigenvalue weighted by Gasteiger charge is -2.09. The molecule has 0 aliphatic heterocycles. The van der Waals surface area contributed by atoms with Gasteiger partial charge >= 0.3 is 5.97 Å². The number of aromatic nitrogens is 2. The highest BCUT2D eigenvalue weighted by Gasteiger charge is 2.13. The minimum Gasteiger partial charge on any atom is -0.478 e. The number of benzene rings is 1. The molecule has 100 valence electrons. The second-order valence-corrected chi connectivity index (χ2v) is 5.00. The average Bonchev–Trinajstić information content (AvgIpc) is 2.61. The van der Waals surface area contributed by atoms with Crippen molar-refractivity contribution >= 4 is 39.1 Å². The van der Waals surface area contributed by atoms with E-state index in [0.29, 0.717) is 16.0 Å². The summed E-state index contributed by atoms with van der Waals surface area (Å²) in [6.07, 6.45) is 0. The molecule has 2 aromatic rings. The first kappa shape index (κ1) is 13.4. The van der Waals surface area contributed by atoms with Crippen molar-refractivity contribution in [2.75, 3.05) is 11.1 Å². The monoisotopic (exact) mass is 324 g/mol. The van der Waals surface area contributed by atoms with Crippen LogP contribution in [0.4, 0.5) is 17.2 Å². The van der Waals surface area contributed by atoms with E-state index in [0.717, 1.165) is 5.69 Å². The SMILES string of the molecule is Cc1cc(Nc2cc(C(=O)O)c(N)cc2Br)nn1C. The Labute approximate surface area is 118 Å². The van der Waals surface area contributed by atoms with Gasteiger partial charge in [0, 0.05) is 29.0 Å². The van der Waals surface area contributed by atoms with Crippen LogP contribution in [0.1, 0.15) is 16.1 Å². The minimum atomic E-state index is -1.06. The number of carbonyl (C=O) groups is 1. The van der Waals surface area contributed by atoms with E-state index in [1.165, 1.54) is 6.07 Å². The van der Waals surface area contributed by atoms with Crippen LogP contribution in [0.5, 0.6) is 0 Å². The highest BCUT2D eigenvalue weighted by Crippen LogP contribution is 2.30. The maximum atomic E-state index is 11.1. The fourth-order valence-electron chi connectivity index (χ4n) is 1.63. The lowest BCUT2D eigenvalue weighted by atomic mass is 10.1. The standard InChI is InChI=1S/C12H13BrN4O2/c1-6-3-11(16-17(6)2)15-10-4-7(12(18)19)9(14)5-8(10)13/h3-5H,14H2,1-2H3,(H,15,16)(H,18,19). The van der Waals surface area contributed by atoms with Crippen LogP contribution in [0, 0.1) is 6.92 Å². The Balaban J connectivity index is 2.39. The molecule has 19 heavy (non-hydrogen) atoms. The van der Waals surface area contributed by atoms with Gasteiger partial charge in [0.15, 0.2) is 5.82 Å². The summed E-state index contributed by atoms with van der Waals surface area (Å²) in [5.74, 6) is -0.424. The Morgan fingerprint density at radius 3 is 2.68 bits per heavy atom. The largest absolute Gasteiger partial charge is 0.478 e. The summed E-state index contributed by atoms with van der Waals surface area (Å²) in [5, 5.41) is 16.4. The number of hydrogen-bond donors (Lipinski definition) is 3. The van der Waals surface area contributed by atoms with Gasteiger partial charge in [-0.3, -0.25) is 4.68 Å². The van der Waals surface area contributed by atoms with E-state index in [9.17, 15) is 4.79 Å². The summed E-state index contributed by atoms with van der Waals surface area (Å²) < 4.78 is 2.41. The van der Waals surface area contributed by atoms with Crippen molar-refractivity contribution in [2.45, 2.75) is 6.92 Å². The van der Waals surface area contributed by atoms with Crippen LogP contribution in [0.15, 0.2) is 22.7 Å². The Morgan fingerprint density at radius 1 is 1.47 bits per heavy atom. The molecular weight excluding hydrogens is 312 g/mol. The molecular formula is C12H13BrN4O2. The number of carboxylic acid groups (broad SMARTS) is 1. The van der Waals surface area contributed by atoms with Gasteiger partial charge in [-0.25, -0.2) is 4.79 Å². The molecule has 0 amide bonds. The fourth-order valence-corrected chi connectivity index (χ4v) is 2.09. The Hall–Kier alpha value is -2.02. The van der Waals surface area contributed by atoms with E-state index in [1.54, 1.807) is 10.7 Å². The lowest BCUT2D eigenvalue weighted by molar-refractivity contribution is 0.0698. The molecule has 1 aromatic carbocycles. The number of carboxylic acids is 1. The van der Waals surface area contributed by atoms with Crippen LogP contribution in [0.3, 0.4) is 0 Å². The van der Waals surface area contributed by atoms with Crippen LogP contribution in [0.2, 0.25) is 0 Å². The maximum Gasteiger partial charge on any atom is 0.337 e. The smallest absolute Gasteiger partial charge is 0.337 e. The first-order valence-corrected chi connectivity index (χ1v) is 6.27. The molecule has 1 aromatic heterocycles. The number of hydrogen-bond acceptors (Lipinski definition) is 4. The summed E-state index contributed by atoms with van der Waals surface area (Å²) in [4.78, 5) is 11.1. The Bertz CT molecular complexity index is 632. The number of nitrogens with zero attached hydrogens (tertiary/aromatic N) is 2. The van der Waals surface area contributed by atoms with Crippen molar-refractivity contribution in [3.05, 3.63) is 33.9 Å². The molecule has 7 heteroatoms. The zero-order chi connectivity index (χ0) is 14.2. The highest BCUT2D eigenvalue weighted by atomic mass is 79.9. The zero-order valence-electron chi connectivity index (χ0n) is 10.4. The lowest BCUT2D eigenvalue weighted by Crippen LogP contribution is -2.04. The third-order valence-electron chi connectivity index (χ3n) is 2.75. The maximum absolute atomic E-state index is 11.1. The number of aryl methyl sites for hydroxylation is 2. The van der Waals surface area contributed by atoms with Crippen molar-refractivity contribution in [3.63, 3.8) is 0 Å². The van der Waals surface area contributed by atoms with Crippen molar-refractivity contribution in [3.8, 4) is 0 Å². The van der Waals surface area contributed by atoms with E-state index in [-0.39, 0.29) is 11.3 Å². The summed E-state index contributed by atoms with van der Waals surface area (Å²) in [6.45, 7) is 1.93. The van der Waals surface area contributed by atoms with Crippen LogP contribution >= 0.6 is 15.9 Å². The third-order valence-corrected chi connectivity index (χ3v) is 3.40. The average molecular weight is 325 g/mol. The molecule has 1 heterocycles. The number of aromatic carboxylic acids is 1. The Kier molecular flexibility index (Phi) is 3.48. The summed E-state index contributed by atoms with van der Waals surface area (Å²) >= 11 is 3.34. The van der Waals surface area contributed by atoms with Crippen LogP contribution in [-0.4, -0.2) is 20.9 Å². The predicted octanol–water partition coefficient (Wildman–Crippen LogP) is 2.52. The van der Waals surface area contributed by atoms with Gasteiger partial charge in [0.2, 0.25) is 0 Å². The normalized spacial score (nSPS) is 10.5. The van der Waals surface area contributed by atoms with Crippen LogP contribution in [-0.2, 0) is 7.05 Å². The molecule has 6 nitrogen and oxygen atoms in total. The quantitative estimate of drug-likeness (QED) is 0.754. The van der Waals surface area contributed by atoms with Gasteiger partial charge in [-0.05, 0) is 35.0 Å². The topological polar surface area (TPSA) is 93.2 Å². The summed E-state index contributed by atoms with van der Waals surface area (Å²) in [6, 6.07) is 4.90. The van der Waals surface area contributed by atoms with E-state index >= 15 is 0 Å². The number of nitrogens with one attached hydrogen (secondary N) is 1. The molecule has 0 spiro atoms. The molecule has 2 rings (SSSR count). The molecule has 0 radical (unpaired) electrons. The zero-order valence-corrected chi connectivity index (χ0v) is 12.0. The second-order valence-electron chi connectivity index (χ2n) is 4.14. The molecule has 0 unspecified atom stereocenters. The fraction of sp³-hybridized carbons (Fsp3) is 0.167. The van der Waals surface area contributed by atoms with Crippen molar-refractivity contribution in [2.24, 2.45) is 7.05 Å². The van der Waals surface area contributed by atoms with Gasteiger partial charge in [-0.15, -0.1) is 0 Å². The number of nitrogens with two attached hydrogens (primary N) is 1. The first-order valence-electron chi connectivity index (χ1n) is 5.48. The number of nitrogen functional groups attached to an aromatic ring is 1. The van der Waals surface area contributed by atoms with E-state index in [4.69, 9.17) is 10.8 Å². The van der Waals surface area contributed by atoms with Crippen molar-refractivity contribution in [1.82, 2.24) is 9.78 Å². The van der Waals surface area contributed by atoms with Crippen molar-refractivity contribution < 1.29 is 9.90 Å². The van der Waals surface area contributed by atoms with E-state index < -0.39 is 5.97 Å². The van der Waals surface area contributed by atoms with Gasteiger partial charge in [-0.1, -0.05) is 0 Å². The molecule has 0 aliphatic carbocycles. The van der Waals surface area contributed by atoms with Gasteiger partial charge in [0.25, 0.3) is 0 Å². The summed E-state index contributed by atoms with van der Waals surface area (Å²) in [5.41, 5.74) is 7.51. The van der Waals surface area contributed by atoms with Gasteiger partial charge < -0.3 is 16.2 Å². The minimum absolute atomic E-state index is 0.0540. The van der Waals surface area contributed by atoms with Crippen LogP contribution in [0.25, 0.3) is 0 Å².